The molecule has 0 radical (unpaired) electrons. The maximum Gasteiger partial charge on any atom is 0.165 e. The summed E-state index contributed by atoms with van der Waals surface area (Å²) in [5, 5.41) is -0.528. The fraction of sp³-hybridized carbons (Fsp3) is 0.222. The number of carbonyl (C=O) groups is 1. The fourth-order valence-electron chi connectivity index (χ4n) is 1.03. The summed E-state index contributed by atoms with van der Waals surface area (Å²) in [6.45, 7) is 1.15. The van der Waals surface area contributed by atoms with Crippen molar-refractivity contribution in [2.75, 3.05) is 0 Å². The van der Waals surface area contributed by atoms with Crippen LogP contribution in [-0.2, 0) is 11.2 Å². The summed E-state index contributed by atoms with van der Waals surface area (Å²) < 4.78 is 38.8. The van der Waals surface area contributed by atoms with Crippen molar-refractivity contribution < 1.29 is 18.0 Å². The second-order valence-electron chi connectivity index (χ2n) is 2.83. The van der Waals surface area contributed by atoms with Crippen LogP contribution in [0.15, 0.2) is 6.07 Å². The average molecular weight is 223 g/mol. The van der Waals surface area contributed by atoms with Crippen LogP contribution in [0.5, 0.6) is 0 Å². The van der Waals surface area contributed by atoms with Crippen LogP contribution in [0.1, 0.15) is 12.5 Å². The summed E-state index contributed by atoms with van der Waals surface area (Å²) in [4.78, 5) is 10.6. The van der Waals surface area contributed by atoms with Gasteiger partial charge in [0, 0.05) is 12.0 Å². The van der Waals surface area contributed by atoms with E-state index in [1.807, 2.05) is 0 Å². The molecule has 0 aromatic heterocycles. The number of ketones is 1. The zero-order chi connectivity index (χ0) is 10.9. The highest BCUT2D eigenvalue weighted by Gasteiger charge is 2.18. The molecule has 1 aromatic rings. The molecule has 5 heteroatoms. The van der Waals surface area contributed by atoms with E-state index in [2.05, 4.69) is 0 Å². The zero-order valence-corrected chi connectivity index (χ0v) is 7.96. The van der Waals surface area contributed by atoms with Gasteiger partial charge in [-0.25, -0.2) is 13.2 Å². The van der Waals surface area contributed by atoms with Crippen LogP contribution < -0.4 is 0 Å². The van der Waals surface area contributed by atoms with E-state index in [9.17, 15) is 18.0 Å². The van der Waals surface area contributed by atoms with E-state index in [0.717, 1.165) is 6.92 Å². The molecule has 0 amide bonds. The quantitative estimate of drug-likeness (QED) is 0.704. The van der Waals surface area contributed by atoms with Gasteiger partial charge < -0.3 is 0 Å². The van der Waals surface area contributed by atoms with Crippen LogP contribution in [-0.4, -0.2) is 5.78 Å². The van der Waals surface area contributed by atoms with Crippen LogP contribution >= 0.6 is 11.6 Å². The van der Waals surface area contributed by atoms with E-state index in [-0.39, 0.29) is 0 Å². The molecule has 0 atom stereocenters. The van der Waals surface area contributed by atoms with Crippen molar-refractivity contribution >= 4 is 17.4 Å². The molecule has 0 aliphatic carbocycles. The van der Waals surface area contributed by atoms with E-state index in [4.69, 9.17) is 11.6 Å². The lowest BCUT2D eigenvalue weighted by molar-refractivity contribution is -0.116. The number of benzene rings is 1. The van der Waals surface area contributed by atoms with E-state index in [1.165, 1.54) is 0 Å². The smallest absolute Gasteiger partial charge is 0.165 e. The van der Waals surface area contributed by atoms with Crippen molar-refractivity contribution in [1.82, 2.24) is 0 Å². The van der Waals surface area contributed by atoms with Gasteiger partial charge in [-0.2, -0.15) is 0 Å². The molecule has 0 N–H and O–H groups in total. The predicted octanol–water partition coefficient (Wildman–Crippen LogP) is 2.89. The number of halogens is 4. The normalized spacial score (nSPS) is 10.4. The Balaban J connectivity index is 3.31. The first kappa shape index (κ1) is 11.0. The van der Waals surface area contributed by atoms with Crippen LogP contribution in [0.2, 0.25) is 5.02 Å². The van der Waals surface area contributed by atoms with Gasteiger partial charge in [-0.1, -0.05) is 11.6 Å². The number of hydrogen-bond acceptors (Lipinski definition) is 1. The third-order valence-corrected chi connectivity index (χ3v) is 1.90. The molecular weight excluding hydrogens is 217 g/mol. The van der Waals surface area contributed by atoms with Crippen LogP contribution in [0.4, 0.5) is 13.2 Å². The first-order chi connectivity index (χ1) is 6.43. The van der Waals surface area contributed by atoms with Gasteiger partial charge >= 0.3 is 0 Å². The molecule has 1 aromatic carbocycles. The van der Waals surface area contributed by atoms with E-state index < -0.39 is 40.2 Å². The van der Waals surface area contributed by atoms with Gasteiger partial charge in [-0.05, 0) is 13.0 Å². The number of carbonyl (C=O) groups excluding carboxylic acids is 1. The molecule has 0 unspecified atom stereocenters. The van der Waals surface area contributed by atoms with Gasteiger partial charge in [0.1, 0.15) is 11.6 Å². The van der Waals surface area contributed by atoms with E-state index in [0.29, 0.717) is 6.07 Å². The number of rotatable bonds is 2. The largest absolute Gasteiger partial charge is 0.300 e. The Labute approximate surface area is 83.5 Å². The van der Waals surface area contributed by atoms with Gasteiger partial charge in [0.2, 0.25) is 0 Å². The summed E-state index contributed by atoms with van der Waals surface area (Å²) in [5.41, 5.74) is -0.623. The van der Waals surface area contributed by atoms with Gasteiger partial charge in [0.15, 0.2) is 11.6 Å². The lowest BCUT2D eigenvalue weighted by Gasteiger charge is -2.05. The predicted molar refractivity (Wildman–Crippen MR) is 45.7 cm³/mol. The Bertz CT molecular complexity index is 364. The maximum absolute atomic E-state index is 13.1. The van der Waals surface area contributed by atoms with Crippen molar-refractivity contribution in [2.45, 2.75) is 13.3 Å². The highest BCUT2D eigenvalue weighted by Crippen LogP contribution is 2.24. The van der Waals surface area contributed by atoms with Crippen molar-refractivity contribution in [1.29, 1.82) is 0 Å². The van der Waals surface area contributed by atoms with Gasteiger partial charge in [-0.15, -0.1) is 0 Å². The molecule has 0 saturated heterocycles. The molecular formula is C9H6ClF3O. The third kappa shape index (κ3) is 2.07. The molecule has 0 heterocycles. The van der Waals surface area contributed by atoms with Gasteiger partial charge in [0.25, 0.3) is 0 Å². The first-order valence-electron chi connectivity index (χ1n) is 3.74. The summed E-state index contributed by atoms with van der Waals surface area (Å²) in [6.07, 6.45) is -0.505. The number of hydrogen-bond donors (Lipinski definition) is 0. The lowest BCUT2D eigenvalue weighted by Crippen LogP contribution is -2.05. The second kappa shape index (κ2) is 4.00. The molecule has 1 nitrogen and oxygen atoms in total. The number of Topliss-reactive ketones (excluding diaryl/α,β-unsaturated/α-hetero) is 1. The topological polar surface area (TPSA) is 17.1 Å². The first-order valence-corrected chi connectivity index (χ1v) is 4.12. The molecule has 0 spiro atoms. The average Bonchev–Trinajstić information content (AvgIpc) is 2.09. The summed E-state index contributed by atoms with van der Waals surface area (Å²) >= 11 is 5.28. The van der Waals surface area contributed by atoms with Crippen LogP contribution in [0.3, 0.4) is 0 Å². The Hall–Kier alpha value is -1.03. The van der Waals surface area contributed by atoms with Crippen molar-refractivity contribution in [3.8, 4) is 0 Å². The van der Waals surface area contributed by atoms with Gasteiger partial charge in [-0.3, -0.25) is 4.79 Å². The summed E-state index contributed by atoms with van der Waals surface area (Å²) in [5.74, 6) is -4.17. The molecule has 0 aliphatic heterocycles. The molecule has 1 rings (SSSR count). The Morgan fingerprint density at radius 3 is 2.43 bits per heavy atom. The van der Waals surface area contributed by atoms with E-state index in [1.54, 1.807) is 0 Å². The monoisotopic (exact) mass is 222 g/mol. The lowest BCUT2D eigenvalue weighted by atomic mass is 10.1. The standard InChI is InChI=1S/C9H6ClF3O/c1-4(14)2-5-8(12)6(10)3-7(11)9(5)13/h3H,2H2,1H3. The van der Waals surface area contributed by atoms with Crippen molar-refractivity contribution in [2.24, 2.45) is 0 Å². The highest BCUT2D eigenvalue weighted by atomic mass is 35.5. The molecule has 76 valence electrons. The Morgan fingerprint density at radius 2 is 1.93 bits per heavy atom. The Kier molecular flexibility index (Phi) is 3.16. The minimum atomic E-state index is -1.36. The zero-order valence-electron chi connectivity index (χ0n) is 7.20. The van der Waals surface area contributed by atoms with E-state index >= 15 is 0 Å². The summed E-state index contributed by atoms with van der Waals surface area (Å²) in [7, 11) is 0. The minimum Gasteiger partial charge on any atom is -0.300 e. The summed E-state index contributed by atoms with van der Waals surface area (Å²) in [6, 6.07) is 0.538. The third-order valence-electron chi connectivity index (χ3n) is 1.63. The maximum atomic E-state index is 13.1. The van der Waals surface area contributed by atoms with Gasteiger partial charge in [0.05, 0.1) is 5.02 Å². The highest BCUT2D eigenvalue weighted by molar-refractivity contribution is 6.30. The molecule has 14 heavy (non-hydrogen) atoms. The molecule has 0 saturated carbocycles. The molecule has 0 aliphatic rings. The van der Waals surface area contributed by atoms with Crippen molar-refractivity contribution in [3.05, 3.63) is 34.1 Å². The van der Waals surface area contributed by atoms with Crippen LogP contribution in [0.25, 0.3) is 0 Å². The van der Waals surface area contributed by atoms with Crippen LogP contribution in [0, 0.1) is 17.5 Å². The minimum absolute atomic E-state index is 0.468. The SMILES string of the molecule is CC(=O)Cc1c(F)c(F)cc(Cl)c1F. The van der Waals surface area contributed by atoms with Crippen molar-refractivity contribution in [3.63, 3.8) is 0 Å². The fourth-order valence-corrected chi connectivity index (χ4v) is 1.24. The Morgan fingerprint density at radius 1 is 1.36 bits per heavy atom. The molecule has 0 fully saturated rings. The second-order valence-corrected chi connectivity index (χ2v) is 3.23. The molecule has 0 bridgehead atoms.